The molecule has 0 saturated heterocycles. The maximum absolute atomic E-state index is 13.1. The fourth-order valence-corrected chi connectivity index (χ4v) is 4.86. The van der Waals surface area contributed by atoms with Gasteiger partial charge in [-0.2, -0.15) is 8.42 Å². The lowest BCUT2D eigenvalue weighted by atomic mass is 10.2. The van der Waals surface area contributed by atoms with Crippen LogP contribution in [-0.2, 0) is 17.1 Å². The first-order chi connectivity index (χ1) is 11.8. The Balaban J connectivity index is 2.44. The van der Waals surface area contributed by atoms with Crippen LogP contribution < -0.4 is 15.9 Å². The molecule has 0 aliphatic carbocycles. The van der Waals surface area contributed by atoms with Crippen LogP contribution in [0.3, 0.4) is 0 Å². The molecule has 0 spiro atoms. The summed E-state index contributed by atoms with van der Waals surface area (Å²) in [6.45, 7) is 0. The fourth-order valence-electron chi connectivity index (χ4n) is 2.52. The lowest BCUT2D eigenvalue weighted by molar-refractivity contribution is 0.413. The van der Waals surface area contributed by atoms with Gasteiger partial charge < -0.3 is 4.74 Å². The topological polar surface area (TPSA) is 87.4 Å². The zero-order chi connectivity index (χ0) is 18.4. The Labute approximate surface area is 151 Å². The standard InChI is InChI=1S/C16H13BrN2O5S/c1-18-15(20)11-5-3-4-6-12(11)16(21)19(18)25(22,23)14-9-10(24-2)7-8-13(14)17/h3-9H,1-2H3. The number of halogens is 1. The molecule has 1 aromatic heterocycles. The maximum Gasteiger partial charge on any atom is 0.287 e. The van der Waals surface area contributed by atoms with Crippen LogP contribution in [0.1, 0.15) is 0 Å². The Morgan fingerprint density at radius 1 is 1.00 bits per heavy atom. The van der Waals surface area contributed by atoms with E-state index in [2.05, 4.69) is 15.9 Å². The number of fused-ring (bicyclic) bond motifs is 1. The van der Waals surface area contributed by atoms with E-state index in [0.717, 1.165) is 4.68 Å². The summed E-state index contributed by atoms with van der Waals surface area (Å²) in [4.78, 5) is 25.1. The van der Waals surface area contributed by atoms with Crippen LogP contribution in [0, 0.1) is 0 Å². The van der Waals surface area contributed by atoms with Crippen LogP contribution >= 0.6 is 15.9 Å². The number of nitrogens with zero attached hydrogens (tertiary/aromatic N) is 2. The molecule has 130 valence electrons. The van der Waals surface area contributed by atoms with Crippen molar-refractivity contribution in [3.63, 3.8) is 0 Å². The van der Waals surface area contributed by atoms with Crippen molar-refractivity contribution in [2.24, 2.45) is 7.05 Å². The van der Waals surface area contributed by atoms with Gasteiger partial charge in [0.05, 0.1) is 17.9 Å². The molecule has 9 heteroatoms. The second-order valence-electron chi connectivity index (χ2n) is 5.22. The van der Waals surface area contributed by atoms with E-state index in [-0.39, 0.29) is 20.1 Å². The number of hydrogen-bond donors (Lipinski definition) is 0. The number of benzene rings is 2. The van der Waals surface area contributed by atoms with Crippen molar-refractivity contribution in [1.82, 2.24) is 8.77 Å². The Morgan fingerprint density at radius 3 is 2.20 bits per heavy atom. The highest BCUT2D eigenvalue weighted by Gasteiger charge is 2.26. The van der Waals surface area contributed by atoms with Crippen LogP contribution in [0.5, 0.6) is 5.75 Å². The minimum Gasteiger partial charge on any atom is -0.497 e. The first-order valence-corrected chi connectivity index (χ1v) is 9.32. The van der Waals surface area contributed by atoms with Gasteiger partial charge in [0.2, 0.25) is 0 Å². The van der Waals surface area contributed by atoms with E-state index < -0.39 is 21.1 Å². The molecular weight excluding hydrogens is 412 g/mol. The van der Waals surface area contributed by atoms with Crippen LogP contribution in [-0.4, -0.2) is 24.3 Å². The summed E-state index contributed by atoms with van der Waals surface area (Å²) in [6.07, 6.45) is 0. The third kappa shape index (κ3) is 2.69. The molecule has 2 aromatic carbocycles. The molecule has 0 aliphatic rings. The SMILES string of the molecule is COc1ccc(Br)c(S(=O)(=O)n2c(=O)c3ccccc3c(=O)n2C)c1. The molecule has 0 aliphatic heterocycles. The lowest BCUT2D eigenvalue weighted by Crippen LogP contribution is -2.41. The largest absolute Gasteiger partial charge is 0.497 e. The van der Waals surface area contributed by atoms with Crippen molar-refractivity contribution >= 4 is 36.7 Å². The summed E-state index contributed by atoms with van der Waals surface area (Å²) in [6, 6.07) is 10.4. The van der Waals surface area contributed by atoms with Crippen LogP contribution in [0.25, 0.3) is 10.8 Å². The highest BCUT2D eigenvalue weighted by atomic mass is 79.9. The summed E-state index contributed by atoms with van der Waals surface area (Å²) in [5.41, 5.74) is -1.38. The minimum atomic E-state index is -4.34. The van der Waals surface area contributed by atoms with E-state index in [0.29, 0.717) is 9.84 Å². The van der Waals surface area contributed by atoms with E-state index in [1.165, 1.54) is 38.4 Å². The number of aromatic nitrogens is 2. The van der Waals surface area contributed by atoms with E-state index in [1.54, 1.807) is 18.2 Å². The molecule has 0 saturated carbocycles. The number of methoxy groups -OCH3 is 1. The van der Waals surface area contributed by atoms with Gasteiger partial charge in [-0.05, 0) is 40.2 Å². The zero-order valence-electron chi connectivity index (χ0n) is 13.3. The van der Waals surface area contributed by atoms with Gasteiger partial charge in [0.1, 0.15) is 10.6 Å². The Morgan fingerprint density at radius 2 is 1.60 bits per heavy atom. The van der Waals surface area contributed by atoms with E-state index in [4.69, 9.17) is 4.74 Å². The number of ether oxygens (including phenoxy) is 1. The number of hydrogen-bond acceptors (Lipinski definition) is 5. The molecule has 0 N–H and O–H groups in total. The quantitative estimate of drug-likeness (QED) is 0.638. The first kappa shape index (κ1) is 17.4. The van der Waals surface area contributed by atoms with Crippen molar-refractivity contribution < 1.29 is 13.2 Å². The van der Waals surface area contributed by atoms with E-state index >= 15 is 0 Å². The lowest BCUT2D eigenvalue weighted by Gasteiger charge is -2.15. The van der Waals surface area contributed by atoms with Gasteiger partial charge >= 0.3 is 0 Å². The summed E-state index contributed by atoms with van der Waals surface area (Å²) in [7, 11) is -1.70. The second kappa shape index (κ2) is 6.16. The third-order valence-electron chi connectivity index (χ3n) is 3.77. The van der Waals surface area contributed by atoms with Gasteiger partial charge in [-0.1, -0.05) is 12.1 Å². The Hall–Kier alpha value is -2.39. The van der Waals surface area contributed by atoms with Gasteiger partial charge in [-0.3, -0.25) is 9.59 Å². The average molecular weight is 425 g/mol. The summed E-state index contributed by atoms with van der Waals surface area (Å²) < 4.78 is 32.7. The van der Waals surface area contributed by atoms with Crippen molar-refractivity contribution in [1.29, 1.82) is 0 Å². The molecule has 0 bridgehead atoms. The normalized spacial score (nSPS) is 11.6. The minimum absolute atomic E-state index is 0.0354. The van der Waals surface area contributed by atoms with Gasteiger partial charge in [0.25, 0.3) is 21.1 Å². The van der Waals surface area contributed by atoms with Crippen LogP contribution in [0.2, 0.25) is 0 Å². The Bertz CT molecular complexity index is 1210. The van der Waals surface area contributed by atoms with E-state index in [1.807, 2.05) is 0 Å². The summed E-state index contributed by atoms with van der Waals surface area (Å²) in [5, 5.41) is 0.194. The first-order valence-electron chi connectivity index (χ1n) is 7.09. The molecule has 1 heterocycles. The van der Waals surface area contributed by atoms with Crippen LogP contribution in [0.4, 0.5) is 0 Å². The predicted octanol–water partition coefficient (Wildman–Crippen LogP) is 1.71. The monoisotopic (exact) mass is 424 g/mol. The van der Waals surface area contributed by atoms with Crippen LogP contribution in [0.15, 0.2) is 61.4 Å². The molecule has 3 aromatic rings. The zero-order valence-corrected chi connectivity index (χ0v) is 15.7. The molecule has 0 amide bonds. The molecular formula is C16H13BrN2O5S. The highest BCUT2D eigenvalue weighted by Crippen LogP contribution is 2.27. The molecule has 0 radical (unpaired) electrons. The van der Waals surface area contributed by atoms with Crippen molar-refractivity contribution in [3.8, 4) is 5.75 Å². The molecule has 3 rings (SSSR count). The molecule has 0 fully saturated rings. The maximum atomic E-state index is 13.1. The molecule has 0 unspecified atom stereocenters. The Kier molecular flexibility index (Phi) is 4.29. The summed E-state index contributed by atoms with van der Waals surface area (Å²) in [5.74, 6) is 0.306. The van der Waals surface area contributed by atoms with Crippen molar-refractivity contribution in [2.45, 2.75) is 4.90 Å². The highest BCUT2D eigenvalue weighted by molar-refractivity contribution is 9.10. The molecule has 25 heavy (non-hydrogen) atoms. The van der Waals surface area contributed by atoms with Gasteiger partial charge in [0, 0.05) is 17.6 Å². The van der Waals surface area contributed by atoms with E-state index in [9.17, 15) is 18.0 Å². The average Bonchev–Trinajstić information content (AvgIpc) is 2.60. The van der Waals surface area contributed by atoms with Crippen molar-refractivity contribution in [2.75, 3.05) is 7.11 Å². The predicted molar refractivity (Wildman–Crippen MR) is 96.7 cm³/mol. The molecule has 7 nitrogen and oxygen atoms in total. The summed E-state index contributed by atoms with van der Waals surface area (Å²) >= 11 is 3.17. The van der Waals surface area contributed by atoms with Gasteiger partial charge in [0.15, 0.2) is 0 Å². The van der Waals surface area contributed by atoms with Gasteiger partial charge in [-0.25, -0.2) is 4.68 Å². The number of rotatable bonds is 3. The third-order valence-corrected chi connectivity index (χ3v) is 6.49. The second-order valence-corrected chi connectivity index (χ2v) is 7.81. The van der Waals surface area contributed by atoms with Gasteiger partial charge in [-0.15, -0.1) is 4.09 Å². The smallest absolute Gasteiger partial charge is 0.287 e. The van der Waals surface area contributed by atoms with Crippen molar-refractivity contribution in [3.05, 3.63) is 67.6 Å². The molecule has 0 atom stereocenters. The fraction of sp³-hybridized carbons (Fsp3) is 0.125.